The minimum Gasteiger partial charge on any atom is -0.469 e. The molecule has 100 valence electrons. The number of fused-ring (bicyclic) bond motifs is 1. The van der Waals surface area contributed by atoms with E-state index in [9.17, 15) is 0 Å². The highest BCUT2D eigenvalue weighted by Crippen LogP contribution is 2.33. The van der Waals surface area contributed by atoms with Crippen molar-refractivity contribution >= 4 is 0 Å². The Labute approximate surface area is 109 Å². The number of hydrogen-bond donors (Lipinski definition) is 1. The van der Waals surface area contributed by atoms with Crippen LogP contribution in [0.25, 0.3) is 0 Å². The molecule has 1 aliphatic heterocycles. The first kappa shape index (κ1) is 12.2. The molecule has 0 bridgehead atoms. The molecule has 1 aliphatic carbocycles. The van der Waals surface area contributed by atoms with Crippen molar-refractivity contribution in [1.29, 1.82) is 0 Å². The molecule has 0 radical (unpaired) electrons. The third-order valence-electron chi connectivity index (χ3n) is 4.19. The predicted octanol–water partition coefficient (Wildman–Crippen LogP) is 3.20. The second-order valence-electron chi connectivity index (χ2n) is 6.21. The van der Waals surface area contributed by atoms with Crippen LogP contribution in [0, 0.1) is 0 Å². The lowest BCUT2D eigenvalue weighted by Gasteiger charge is -2.38. The summed E-state index contributed by atoms with van der Waals surface area (Å²) < 4.78 is 11.3. The summed E-state index contributed by atoms with van der Waals surface area (Å²) in [7, 11) is 0. The maximum Gasteiger partial charge on any atom is 0.108 e. The monoisotopic (exact) mass is 249 g/mol. The third kappa shape index (κ3) is 2.47. The van der Waals surface area contributed by atoms with Crippen LogP contribution in [0.3, 0.4) is 0 Å². The van der Waals surface area contributed by atoms with E-state index in [0.717, 1.165) is 25.9 Å². The molecule has 1 aromatic rings. The first-order valence-electron chi connectivity index (χ1n) is 7.10. The van der Waals surface area contributed by atoms with Gasteiger partial charge in [0.05, 0.1) is 11.9 Å². The average Bonchev–Trinajstić information content (AvgIpc) is 2.77. The van der Waals surface area contributed by atoms with Crippen LogP contribution < -0.4 is 5.32 Å². The van der Waals surface area contributed by atoms with Gasteiger partial charge in [0, 0.05) is 30.7 Å². The van der Waals surface area contributed by atoms with E-state index >= 15 is 0 Å². The largest absolute Gasteiger partial charge is 0.469 e. The number of rotatable bonds is 2. The molecule has 3 heteroatoms. The topological polar surface area (TPSA) is 34.4 Å². The second kappa shape index (κ2) is 4.71. The summed E-state index contributed by atoms with van der Waals surface area (Å²) in [4.78, 5) is 0. The summed E-state index contributed by atoms with van der Waals surface area (Å²) in [6.45, 7) is 5.24. The van der Waals surface area contributed by atoms with Gasteiger partial charge in [0.15, 0.2) is 0 Å². The van der Waals surface area contributed by atoms with Gasteiger partial charge in [0.2, 0.25) is 0 Å². The number of nitrogens with one attached hydrogen (secondary N) is 1. The molecule has 1 saturated heterocycles. The third-order valence-corrected chi connectivity index (χ3v) is 4.19. The molecule has 2 heterocycles. The lowest BCUT2D eigenvalue weighted by molar-refractivity contribution is -0.0644. The predicted molar refractivity (Wildman–Crippen MR) is 70.6 cm³/mol. The minimum atomic E-state index is 0.0177. The Morgan fingerprint density at radius 3 is 3.06 bits per heavy atom. The van der Waals surface area contributed by atoms with E-state index < -0.39 is 0 Å². The van der Waals surface area contributed by atoms with E-state index in [4.69, 9.17) is 9.15 Å². The van der Waals surface area contributed by atoms with E-state index in [2.05, 4.69) is 25.2 Å². The highest BCUT2D eigenvalue weighted by atomic mass is 16.5. The minimum absolute atomic E-state index is 0.0177. The zero-order valence-corrected chi connectivity index (χ0v) is 11.4. The molecule has 0 amide bonds. The summed E-state index contributed by atoms with van der Waals surface area (Å²) in [6.07, 6.45) is 7.59. The molecule has 0 saturated carbocycles. The second-order valence-corrected chi connectivity index (χ2v) is 6.21. The van der Waals surface area contributed by atoms with Crippen LogP contribution in [0.4, 0.5) is 0 Å². The van der Waals surface area contributed by atoms with Gasteiger partial charge in [-0.15, -0.1) is 0 Å². The molecule has 1 N–H and O–H groups in total. The SMILES string of the molecule is CC1(C)CC(NC2CCCc3occc32)CCO1. The van der Waals surface area contributed by atoms with Gasteiger partial charge in [-0.3, -0.25) is 0 Å². The summed E-state index contributed by atoms with van der Waals surface area (Å²) in [5.41, 5.74) is 1.40. The summed E-state index contributed by atoms with van der Waals surface area (Å²) in [5.74, 6) is 1.19. The van der Waals surface area contributed by atoms with Crippen molar-refractivity contribution in [2.45, 2.75) is 63.6 Å². The van der Waals surface area contributed by atoms with Crippen LogP contribution in [0.5, 0.6) is 0 Å². The molecule has 2 atom stereocenters. The van der Waals surface area contributed by atoms with E-state index in [1.807, 2.05) is 6.26 Å². The smallest absolute Gasteiger partial charge is 0.108 e. The van der Waals surface area contributed by atoms with E-state index in [0.29, 0.717) is 12.1 Å². The Bertz CT molecular complexity index is 410. The van der Waals surface area contributed by atoms with Crippen LogP contribution in [0.15, 0.2) is 16.7 Å². The van der Waals surface area contributed by atoms with Crippen LogP contribution in [0.1, 0.15) is 56.9 Å². The molecule has 1 aromatic heterocycles. The van der Waals surface area contributed by atoms with E-state index in [1.165, 1.54) is 24.2 Å². The zero-order chi connectivity index (χ0) is 12.6. The normalized spacial score (nSPS) is 31.0. The zero-order valence-electron chi connectivity index (χ0n) is 11.4. The summed E-state index contributed by atoms with van der Waals surface area (Å²) in [6, 6.07) is 3.18. The number of aryl methyl sites for hydroxylation is 1. The number of hydrogen-bond acceptors (Lipinski definition) is 3. The highest BCUT2D eigenvalue weighted by molar-refractivity contribution is 5.24. The van der Waals surface area contributed by atoms with Crippen molar-refractivity contribution in [3.8, 4) is 0 Å². The maximum atomic E-state index is 5.78. The fraction of sp³-hybridized carbons (Fsp3) is 0.733. The molecule has 18 heavy (non-hydrogen) atoms. The average molecular weight is 249 g/mol. The number of furan rings is 1. The molecular formula is C15H23NO2. The lowest BCUT2D eigenvalue weighted by Crippen LogP contribution is -2.45. The van der Waals surface area contributed by atoms with E-state index in [1.54, 1.807) is 0 Å². The maximum absolute atomic E-state index is 5.78. The first-order valence-corrected chi connectivity index (χ1v) is 7.10. The van der Waals surface area contributed by atoms with Crippen molar-refractivity contribution in [3.05, 3.63) is 23.7 Å². The van der Waals surface area contributed by atoms with Crippen molar-refractivity contribution in [2.75, 3.05) is 6.61 Å². The van der Waals surface area contributed by atoms with E-state index in [-0.39, 0.29) is 5.60 Å². The molecule has 1 fully saturated rings. The van der Waals surface area contributed by atoms with Gasteiger partial charge >= 0.3 is 0 Å². The van der Waals surface area contributed by atoms with Gasteiger partial charge in [0.25, 0.3) is 0 Å². The molecule has 3 rings (SSSR count). The Morgan fingerprint density at radius 2 is 2.22 bits per heavy atom. The van der Waals surface area contributed by atoms with Crippen LogP contribution in [0.2, 0.25) is 0 Å². The molecule has 0 aromatic carbocycles. The lowest BCUT2D eigenvalue weighted by atomic mass is 9.89. The van der Waals surface area contributed by atoms with Gasteiger partial charge in [-0.05, 0) is 45.6 Å². The molecule has 2 aliphatic rings. The van der Waals surface area contributed by atoms with Crippen molar-refractivity contribution < 1.29 is 9.15 Å². The van der Waals surface area contributed by atoms with Gasteiger partial charge in [-0.25, -0.2) is 0 Å². The van der Waals surface area contributed by atoms with Crippen molar-refractivity contribution in [1.82, 2.24) is 5.32 Å². The quantitative estimate of drug-likeness (QED) is 0.874. The molecule has 3 nitrogen and oxygen atoms in total. The summed E-state index contributed by atoms with van der Waals surface area (Å²) >= 11 is 0. The van der Waals surface area contributed by atoms with Gasteiger partial charge in [-0.2, -0.15) is 0 Å². The highest BCUT2D eigenvalue weighted by Gasteiger charge is 2.31. The Kier molecular flexibility index (Phi) is 3.20. The van der Waals surface area contributed by atoms with Crippen molar-refractivity contribution in [2.24, 2.45) is 0 Å². The van der Waals surface area contributed by atoms with Gasteiger partial charge < -0.3 is 14.5 Å². The fourth-order valence-electron chi connectivity index (χ4n) is 3.32. The number of ether oxygens (including phenoxy) is 1. The summed E-state index contributed by atoms with van der Waals surface area (Å²) in [5, 5.41) is 3.82. The van der Waals surface area contributed by atoms with Crippen molar-refractivity contribution in [3.63, 3.8) is 0 Å². The molecular weight excluding hydrogens is 226 g/mol. The molecule has 0 spiro atoms. The van der Waals surface area contributed by atoms with Crippen LogP contribution in [-0.2, 0) is 11.2 Å². The first-order chi connectivity index (χ1) is 8.64. The standard InChI is InChI=1S/C15H23NO2/c1-15(2)10-11(6-9-18-15)16-13-4-3-5-14-12(13)7-8-17-14/h7-8,11,13,16H,3-6,9-10H2,1-2H3. The Balaban J connectivity index is 1.67. The van der Waals surface area contributed by atoms with Crippen LogP contribution in [-0.4, -0.2) is 18.2 Å². The molecule has 2 unspecified atom stereocenters. The Hall–Kier alpha value is -0.800. The van der Waals surface area contributed by atoms with Gasteiger partial charge in [-0.1, -0.05) is 0 Å². The fourth-order valence-corrected chi connectivity index (χ4v) is 3.32. The van der Waals surface area contributed by atoms with Gasteiger partial charge in [0.1, 0.15) is 5.76 Å². The Morgan fingerprint density at radius 1 is 1.33 bits per heavy atom. The van der Waals surface area contributed by atoms with Crippen LogP contribution >= 0.6 is 0 Å².